The minimum atomic E-state index is 0.528. The van der Waals surface area contributed by atoms with Gasteiger partial charge in [0.2, 0.25) is 0 Å². The molecule has 0 aromatic heterocycles. The summed E-state index contributed by atoms with van der Waals surface area (Å²) in [5.74, 6) is 0.866. The van der Waals surface area contributed by atoms with Gasteiger partial charge in [-0.3, -0.25) is 0 Å². The lowest BCUT2D eigenvalue weighted by molar-refractivity contribution is 0.387. The molecule has 0 saturated carbocycles. The predicted octanol–water partition coefficient (Wildman–Crippen LogP) is 2.92. The minimum Gasteiger partial charge on any atom is -0.0865 e. The first-order valence-corrected chi connectivity index (χ1v) is 4.22. The van der Waals surface area contributed by atoms with Crippen molar-refractivity contribution in [3.05, 3.63) is 24.3 Å². The monoisotopic (exact) mass is 134 g/mol. The summed E-state index contributed by atoms with van der Waals surface area (Å²) >= 11 is 0. The van der Waals surface area contributed by atoms with Crippen LogP contribution in [0.3, 0.4) is 0 Å². The second kappa shape index (κ2) is 1.98. The van der Waals surface area contributed by atoms with E-state index >= 15 is 0 Å². The molecule has 0 bridgehead atoms. The van der Waals surface area contributed by atoms with Gasteiger partial charge in [0.1, 0.15) is 0 Å². The van der Waals surface area contributed by atoms with Crippen LogP contribution in [0.1, 0.15) is 26.2 Å². The fourth-order valence-electron chi connectivity index (χ4n) is 1.93. The van der Waals surface area contributed by atoms with Crippen LogP contribution in [0, 0.1) is 11.3 Å². The molecule has 0 heteroatoms. The van der Waals surface area contributed by atoms with Gasteiger partial charge in [-0.05, 0) is 25.2 Å². The summed E-state index contributed by atoms with van der Waals surface area (Å²) in [6.07, 6.45) is 13.4. The first kappa shape index (κ1) is 6.21. The van der Waals surface area contributed by atoms with Crippen LogP contribution < -0.4 is 0 Å². The van der Waals surface area contributed by atoms with E-state index in [4.69, 9.17) is 0 Å². The molecule has 0 heterocycles. The zero-order valence-electron chi connectivity index (χ0n) is 6.51. The summed E-state index contributed by atoms with van der Waals surface area (Å²) < 4.78 is 0. The van der Waals surface area contributed by atoms with E-state index in [1.165, 1.54) is 19.3 Å². The van der Waals surface area contributed by atoms with E-state index in [1.54, 1.807) is 0 Å². The standard InChI is InChI=1S/C10H14/c1-2-9-4-7-10(8-9)5-3-6-10/h3-5,7,9H,2,6,8H2,1H3. The summed E-state index contributed by atoms with van der Waals surface area (Å²) in [7, 11) is 0. The van der Waals surface area contributed by atoms with Crippen molar-refractivity contribution in [1.29, 1.82) is 0 Å². The van der Waals surface area contributed by atoms with Crippen molar-refractivity contribution in [2.45, 2.75) is 26.2 Å². The Morgan fingerprint density at radius 3 is 2.60 bits per heavy atom. The molecule has 0 saturated heterocycles. The van der Waals surface area contributed by atoms with Crippen molar-refractivity contribution in [3.63, 3.8) is 0 Å². The quantitative estimate of drug-likeness (QED) is 0.484. The Kier molecular flexibility index (Phi) is 1.23. The molecule has 2 atom stereocenters. The summed E-state index contributed by atoms with van der Waals surface area (Å²) in [4.78, 5) is 0. The van der Waals surface area contributed by atoms with Crippen molar-refractivity contribution >= 4 is 0 Å². The maximum absolute atomic E-state index is 2.40. The Bertz CT molecular complexity index is 188. The lowest BCUT2D eigenvalue weighted by atomic mass is 9.74. The fraction of sp³-hybridized carbons (Fsp3) is 0.600. The molecule has 54 valence electrons. The smallest absolute Gasteiger partial charge is 0.0101 e. The Morgan fingerprint density at radius 2 is 2.30 bits per heavy atom. The lowest BCUT2D eigenvalue weighted by Gasteiger charge is -2.30. The highest BCUT2D eigenvalue weighted by Gasteiger charge is 2.34. The maximum atomic E-state index is 2.40. The SMILES string of the molecule is CCC1C=CC2(C=CC2)C1. The molecule has 0 radical (unpaired) electrons. The van der Waals surface area contributed by atoms with Crippen LogP contribution >= 0.6 is 0 Å². The van der Waals surface area contributed by atoms with Gasteiger partial charge in [-0.2, -0.15) is 0 Å². The second-order valence-electron chi connectivity index (χ2n) is 3.57. The van der Waals surface area contributed by atoms with Gasteiger partial charge in [0.25, 0.3) is 0 Å². The molecule has 0 fully saturated rings. The second-order valence-corrected chi connectivity index (χ2v) is 3.57. The van der Waals surface area contributed by atoms with E-state index < -0.39 is 0 Å². The van der Waals surface area contributed by atoms with Gasteiger partial charge in [-0.1, -0.05) is 31.2 Å². The van der Waals surface area contributed by atoms with Crippen LogP contribution in [0.4, 0.5) is 0 Å². The maximum Gasteiger partial charge on any atom is 0.0101 e. The summed E-state index contributed by atoms with van der Waals surface area (Å²) in [5.41, 5.74) is 0.528. The van der Waals surface area contributed by atoms with Gasteiger partial charge in [0.15, 0.2) is 0 Å². The third kappa shape index (κ3) is 0.749. The van der Waals surface area contributed by atoms with Crippen LogP contribution in [0.15, 0.2) is 24.3 Å². The topological polar surface area (TPSA) is 0 Å². The number of rotatable bonds is 1. The molecule has 0 N–H and O–H groups in total. The van der Waals surface area contributed by atoms with E-state index in [9.17, 15) is 0 Å². The van der Waals surface area contributed by atoms with Crippen molar-refractivity contribution < 1.29 is 0 Å². The zero-order valence-corrected chi connectivity index (χ0v) is 6.51. The minimum absolute atomic E-state index is 0.528. The summed E-state index contributed by atoms with van der Waals surface area (Å²) in [6.45, 7) is 2.27. The number of allylic oxidation sites excluding steroid dienone is 4. The van der Waals surface area contributed by atoms with Gasteiger partial charge in [-0.15, -0.1) is 0 Å². The fourth-order valence-corrected chi connectivity index (χ4v) is 1.93. The molecule has 10 heavy (non-hydrogen) atoms. The Balaban J connectivity index is 2.07. The molecule has 2 rings (SSSR count). The van der Waals surface area contributed by atoms with Crippen LogP contribution in [-0.4, -0.2) is 0 Å². The van der Waals surface area contributed by atoms with Crippen LogP contribution in [0.25, 0.3) is 0 Å². The van der Waals surface area contributed by atoms with E-state index in [0.717, 1.165) is 5.92 Å². The molecule has 2 aliphatic carbocycles. The molecule has 0 nitrogen and oxygen atoms in total. The van der Waals surface area contributed by atoms with Gasteiger partial charge in [-0.25, -0.2) is 0 Å². The highest BCUT2D eigenvalue weighted by atomic mass is 14.4. The molecule has 0 aromatic carbocycles. The Morgan fingerprint density at radius 1 is 1.50 bits per heavy atom. The average Bonchev–Trinajstić information content (AvgIpc) is 2.29. The normalized spacial score (nSPS) is 42.7. The van der Waals surface area contributed by atoms with E-state index in [1.807, 2.05) is 0 Å². The molecule has 0 aromatic rings. The molecule has 0 amide bonds. The third-order valence-electron chi connectivity index (χ3n) is 2.81. The van der Waals surface area contributed by atoms with Crippen LogP contribution in [0.5, 0.6) is 0 Å². The average molecular weight is 134 g/mol. The number of hydrogen-bond acceptors (Lipinski definition) is 0. The Hall–Kier alpha value is -0.520. The Labute approximate surface area is 62.6 Å². The molecular formula is C10H14. The molecular weight excluding hydrogens is 120 g/mol. The lowest BCUT2D eigenvalue weighted by Crippen LogP contribution is -2.18. The van der Waals surface area contributed by atoms with Crippen molar-refractivity contribution in [1.82, 2.24) is 0 Å². The van der Waals surface area contributed by atoms with Gasteiger partial charge in [0, 0.05) is 5.41 Å². The van der Waals surface area contributed by atoms with Gasteiger partial charge >= 0.3 is 0 Å². The zero-order chi connectivity index (χ0) is 7.03. The highest BCUT2D eigenvalue weighted by Crippen LogP contribution is 2.46. The summed E-state index contributed by atoms with van der Waals surface area (Å²) in [6, 6.07) is 0. The van der Waals surface area contributed by atoms with Crippen LogP contribution in [-0.2, 0) is 0 Å². The molecule has 1 spiro atoms. The van der Waals surface area contributed by atoms with Crippen molar-refractivity contribution in [2.24, 2.45) is 11.3 Å². The van der Waals surface area contributed by atoms with Crippen molar-refractivity contribution in [3.8, 4) is 0 Å². The predicted molar refractivity (Wildman–Crippen MR) is 43.7 cm³/mol. The first-order chi connectivity index (χ1) is 4.85. The van der Waals surface area contributed by atoms with E-state index in [0.29, 0.717) is 5.41 Å². The largest absolute Gasteiger partial charge is 0.0865 e. The van der Waals surface area contributed by atoms with Crippen molar-refractivity contribution in [2.75, 3.05) is 0 Å². The summed E-state index contributed by atoms with van der Waals surface area (Å²) in [5, 5.41) is 0. The highest BCUT2D eigenvalue weighted by molar-refractivity contribution is 5.26. The van der Waals surface area contributed by atoms with E-state index in [-0.39, 0.29) is 0 Å². The van der Waals surface area contributed by atoms with Gasteiger partial charge < -0.3 is 0 Å². The van der Waals surface area contributed by atoms with Gasteiger partial charge in [0.05, 0.1) is 0 Å². The molecule has 0 aliphatic heterocycles. The molecule has 2 aliphatic rings. The number of hydrogen-bond donors (Lipinski definition) is 0. The van der Waals surface area contributed by atoms with Crippen LogP contribution in [0.2, 0.25) is 0 Å². The third-order valence-corrected chi connectivity index (χ3v) is 2.81. The first-order valence-electron chi connectivity index (χ1n) is 4.22. The molecule has 2 unspecified atom stereocenters. The van der Waals surface area contributed by atoms with E-state index in [2.05, 4.69) is 31.2 Å².